The Morgan fingerprint density at radius 3 is 2.31 bits per heavy atom. The van der Waals surface area contributed by atoms with Gasteiger partial charge in [0.25, 0.3) is 5.91 Å². The average molecular weight is 443 g/mol. The number of hydrogen-bond acceptors (Lipinski definition) is 5. The fraction of sp³-hybridized carbons (Fsp3) is 0.261. The van der Waals surface area contributed by atoms with Crippen LogP contribution < -0.4 is 11.1 Å². The van der Waals surface area contributed by atoms with Gasteiger partial charge in [-0.1, -0.05) is 42.5 Å². The van der Waals surface area contributed by atoms with Crippen LogP contribution in [0.15, 0.2) is 60.7 Å². The Morgan fingerprint density at radius 2 is 1.72 bits per heavy atom. The number of carbonyl (C=O) groups is 3. The number of aliphatic hydroxyl groups excluding tert-OH is 1. The third kappa shape index (κ3) is 5.06. The highest BCUT2D eigenvalue weighted by molar-refractivity contribution is 6.04. The van der Waals surface area contributed by atoms with Gasteiger partial charge in [0.2, 0.25) is 11.8 Å². The standard InChI is InChI=1S/C23H23F2N3O4/c1-13(26)22(31)28(23(32)20(29)16-9-17(24)11-18(25)10-16)19-8-7-15(12-27-21(19)30)14-5-3-2-4-6-14/h2-11,13,15,19-20,29H,12,26H2,1H3,(H,27,30)/t13-,15-,19-,20+/m0/s1. The van der Waals surface area contributed by atoms with Crippen LogP contribution >= 0.6 is 0 Å². The largest absolute Gasteiger partial charge is 0.378 e. The maximum Gasteiger partial charge on any atom is 0.263 e. The van der Waals surface area contributed by atoms with Crippen LogP contribution in [0.3, 0.4) is 0 Å². The minimum Gasteiger partial charge on any atom is -0.378 e. The second-order valence-corrected chi connectivity index (χ2v) is 7.53. The number of nitrogens with one attached hydrogen (secondary N) is 1. The molecule has 0 radical (unpaired) electrons. The van der Waals surface area contributed by atoms with Crippen molar-refractivity contribution in [3.05, 3.63) is 83.4 Å². The second-order valence-electron chi connectivity index (χ2n) is 7.53. The summed E-state index contributed by atoms with van der Waals surface area (Å²) in [5.74, 6) is -5.02. The van der Waals surface area contributed by atoms with Gasteiger partial charge in [-0.25, -0.2) is 8.78 Å². The average Bonchev–Trinajstić information content (AvgIpc) is 2.95. The second kappa shape index (κ2) is 9.80. The molecule has 0 aromatic heterocycles. The van der Waals surface area contributed by atoms with Crippen LogP contribution in [-0.2, 0) is 14.4 Å². The van der Waals surface area contributed by atoms with Gasteiger partial charge in [0, 0.05) is 18.5 Å². The van der Waals surface area contributed by atoms with Gasteiger partial charge in [-0.05, 0) is 30.2 Å². The molecule has 0 spiro atoms. The van der Waals surface area contributed by atoms with E-state index < -0.39 is 53.1 Å². The summed E-state index contributed by atoms with van der Waals surface area (Å²) >= 11 is 0. The van der Waals surface area contributed by atoms with Crippen LogP contribution in [0.5, 0.6) is 0 Å². The summed E-state index contributed by atoms with van der Waals surface area (Å²) in [4.78, 5) is 39.2. The van der Waals surface area contributed by atoms with Crippen LogP contribution in [0, 0.1) is 11.6 Å². The van der Waals surface area contributed by atoms with Crippen LogP contribution in [0.1, 0.15) is 30.1 Å². The van der Waals surface area contributed by atoms with Gasteiger partial charge in [-0.15, -0.1) is 0 Å². The van der Waals surface area contributed by atoms with Crippen molar-refractivity contribution in [3.8, 4) is 0 Å². The summed E-state index contributed by atoms with van der Waals surface area (Å²) < 4.78 is 27.2. The molecule has 3 rings (SSSR count). The normalized spacial score (nSPS) is 20.1. The summed E-state index contributed by atoms with van der Waals surface area (Å²) in [6.07, 6.45) is 0.982. The zero-order chi connectivity index (χ0) is 23.4. The number of hydrogen-bond donors (Lipinski definition) is 3. The third-order valence-electron chi connectivity index (χ3n) is 5.10. The highest BCUT2D eigenvalue weighted by atomic mass is 19.1. The number of rotatable bonds is 5. The molecule has 2 aromatic rings. The van der Waals surface area contributed by atoms with Crippen molar-refractivity contribution in [2.24, 2.45) is 5.73 Å². The quantitative estimate of drug-likeness (QED) is 0.607. The summed E-state index contributed by atoms with van der Waals surface area (Å²) in [7, 11) is 0. The first kappa shape index (κ1) is 23.2. The highest BCUT2D eigenvalue weighted by Crippen LogP contribution is 2.24. The third-order valence-corrected chi connectivity index (χ3v) is 5.10. The number of benzene rings is 2. The van der Waals surface area contributed by atoms with Crippen molar-refractivity contribution >= 4 is 17.7 Å². The minimum absolute atomic E-state index is 0.213. The van der Waals surface area contributed by atoms with Crippen molar-refractivity contribution in [1.82, 2.24) is 10.2 Å². The van der Waals surface area contributed by atoms with E-state index in [1.165, 1.54) is 13.0 Å². The van der Waals surface area contributed by atoms with E-state index in [1.54, 1.807) is 6.08 Å². The molecule has 4 N–H and O–H groups in total. The van der Waals surface area contributed by atoms with E-state index in [2.05, 4.69) is 5.32 Å². The van der Waals surface area contributed by atoms with Crippen molar-refractivity contribution in [2.75, 3.05) is 6.54 Å². The monoisotopic (exact) mass is 443 g/mol. The van der Waals surface area contributed by atoms with Gasteiger partial charge in [0.05, 0.1) is 6.04 Å². The molecular weight excluding hydrogens is 420 g/mol. The smallest absolute Gasteiger partial charge is 0.263 e. The lowest BCUT2D eigenvalue weighted by Crippen LogP contribution is -2.56. The first-order valence-electron chi connectivity index (χ1n) is 9.96. The highest BCUT2D eigenvalue weighted by Gasteiger charge is 2.39. The molecule has 32 heavy (non-hydrogen) atoms. The molecule has 1 heterocycles. The topological polar surface area (TPSA) is 113 Å². The van der Waals surface area contributed by atoms with Crippen molar-refractivity contribution in [1.29, 1.82) is 0 Å². The molecule has 2 aromatic carbocycles. The maximum absolute atomic E-state index is 13.6. The van der Waals surface area contributed by atoms with E-state index in [4.69, 9.17) is 5.73 Å². The van der Waals surface area contributed by atoms with Gasteiger partial charge in [0.15, 0.2) is 6.10 Å². The molecule has 9 heteroatoms. The summed E-state index contributed by atoms with van der Waals surface area (Å²) in [6, 6.07) is 8.84. The first-order chi connectivity index (χ1) is 15.2. The van der Waals surface area contributed by atoms with Crippen LogP contribution in [0.25, 0.3) is 0 Å². The SMILES string of the molecule is C[C@H](N)C(=O)N(C(=O)[C@H](O)c1cc(F)cc(F)c1)[C@H]1C=C[C@H](c2ccccc2)CNC1=O. The molecule has 0 bridgehead atoms. The molecule has 1 aliphatic rings. The summed E-state index contributed by atoms with van der Waals surface area (Å²) in [5.41, 5.74) is 6.19. The summed E-state index contributed by atoms with van der Waals surface area (Å²) in [6.45, 7) is 1.55. The molecule has 1 aliphatic heterocycles. The maximum atomic E-state index is 13.6. The molecule has 3 amide bonds. The van der Waals surface area contributed by atoms with E-state index in [9.17, 15) is 28.3 Å². The lowest BCUT2D eigenvalue weighted by atomic mass is 9.98. The van der Waals surface area contributed by atoms with Gasteiger partial charge in [0.1, 0.15) is 17.7 Å². The van der Waals surface area contributed by atoms with Crippen LogP contribution in [0.4, 0.5) is 8.78 Å². The predicted octanol–water partition coefficient (Wildman–Crippen LogP) is 1.54. The molecule has 0 aliphatic carbocycles. The Morgan fingerprint density at radius 1 is 1.09 bits per heavy atom. The molecule has 4 atom stereocenters. The lowest BCUT2D eigenvalue weighted by molar-refractivity contribution is -0.156. The van der Waals surface area contributed by atoms with E-state index in [0.29, 0.717) is 11.0 Å². The molecule has 7 nitrogen and oxygen atoms in total. The van der Waals surface area contributed by atoms with Gasteiger partial charge >= 0.3 is 0 Å². The van der Waals surface area contributed by atoms with Crippen molar-refractivity contribution in [2.45, 2.75) is 31.0 Å². The zero-order valence-corrected chi connectivity index (χ0v) is 17.2. The zero-order valence-electron chi connectivity index (χ0n) is 17.2. The number of nitrogens with zero attached hydrogens (tertiary/aromatic N) is 1. The van der Waals surface area contributed by atoms with Gasteiger partial charge in [-0.3, -0.25) is 19.3 Å². The lowest BCUT2D eigenvalue weighted by Gasteiger charge is -2.29. The molecule has 0 fully saturated rings. The molecule has 0 unspecified atom stereocenters. The Kier molecular flexibility index (Phi) is 7.12. The Balaban J connectivity index is 1.96. The van der Waals surface area contributed by atoms with Crippen LogP contribution in [-0.4, -0.2) is 46.4 Å². The number of aliphatic hydroxyl groups is 1. The fourth-order valence-corrected chi connectivity index (χ4v) is 3.45. The molecular formula is C23H23F2N3O4. The Bertz CT molecular complexity index is 1020. The molecule has 0 saturated carbocycles. The number of amides is 3. The summed E-state index contributed by atoms with van der Waals surface area (Å²) in [5, 5.41) is 13.2. The van der Waals surface area contributed by atoms with Gasteiger partial charge < -0.3 is 16.2 Å². The predicted molar refractivity (Wildman–Crippen MR) is 112 cm³/mol. The van der Waals surface area contributed by atoms with Crippen molar-refractivity contribution in [3.63, 3.8) is 0 Å². The number of imide groups is 1. The Hall–Kier alpha value is -3.43. The number of halogens is 2. The van der Waals surface area contributed by atoms with E-state index in [-0.39, 0.29) is 12.5 Å². The van der Waals surface area contributed by atoms with E-state index >= 15 is 0 Å². The first-order valence-corrected chi connectivity index (χ1v) is 9.96. The molecule has 0 saturated heterocycles. The fourth-order valence-electron chi connectivity index (χ4n) is 3.45. The Labute approximate surface area is 183 Å². The van der Waals surface area contributed by atoms with E-state index in [1.807, 2.05) is 30.3 Å². The number of nitrogens with two attached hydrogens (primary N) is 1. The van der Waals surface area contributed by atoms with Crippen molar-refractivity contribution < 1.29 is 28.3 Å². The van der Waals surface area contributed by atoms with Gasteiger partial charge in [-0.2, -0.15) is 0 Å². The minimum atomic E-state index is -2.09. The van der Waals surface area contributed by atoms with E-state index in [0.717, 1.165) is 17.7 Å². The molecule has 168 valence electrons. The number of carbonyl (C=O) groups excluding carboxylic acids is 3. The van der Waals surface area contributed by atoms with Crippen LogP contribution in [0.2, 0.25) is 0 Å².